The van der Waals surface area contributed by atoms with Crippen LogP contribution >= 0.6 is 0 Å². The lowest BCUT2D eigenvalue weighted by Crippen LogP contribution is -2.34. The van der Waals surface area contributed by atoms with Gasteiger partial charge < -0.3 is 16.0 Å². The van der Waals surface area contributed by atoms with Crippen LogP contribution in [0.2, 0.25) is 0 Å². The third-order valence-corrected chi connectivity index (χ3v) is 3.53. The van der Waals surface area contributed by atoms with E-state index in [0.29, 0.717) is 11.3 Å². The number of carbonyl (C=O) groups excluding carboxylic acids is 2. The van der Waals surface area contributed by atoms with Crippen LogP contribution in [0.25, 0.3) is 0 Å². The van der Waals surface area contributed by atoms with Crippen molar-refractivity contribution < 1.29 is 35.9 Å². The van der Waals surface area contributed by atoms with E-state index in [1.807, 2.05) is 0 Å². The Morgan fingerprint density at radius 2 is 1.24 bits per heavy atom. The average molecular weight is 419 g/mol. The molecular formula is C18H15F6N3O2. The van der Waals surface area contributed by atoms with Gasteiger partial charge in [0, 0.05) is 11.4 Å². The molecule has 156 valence electrons. The summed E-state index contributed by atoms with van der Waals surface area (Å²) in [6.07, 6.45) is -9.25. The monoisotopic (exact) mass is 419 g/mol. The second-order valence-corrected chi connectivity index (χ2v) is 5.92. The van der Waals surface area contributed by atoms with Gasteiger partial charge in [-0.1, -0.05) is 12.1 Å². The SMILES string of the molecule is O=C(Cc1ccc(NC(=O)Nc2ccc(C(F)(F)F)cc2)cc1)NCC(F)(F)F. The summed E-state index contributed by atoms with van der Waals surface area (Å²) in [7, 11) is 0. The number of nitrogens with one attached hydrogen (secondary N) is 3. The molecule has 0 fully saturated rings. The van der Waals surface area contributed by atoms with E-state index in [1.165, 1.54) is 24.3 Å². The molecule has 0 heterocycles. The Hall–Kier alpha value is -3.24. The maximum Gasteiger partial charge on any atom is 0.416 e. The molecule has 0 saturated carbocycles. The molecule has 3 N–H and O–H groups in total. The molecule has 5 nitrogen and oxygen atoms in total. The summed E-state index contributed by atoms with van der Waals surface area (Å²) in [5, 5.41) is 6.54. The Balaban J connectivity index is 1.86. The highest BCUT2D eigenvalue weighted by atomic mass is 19.4. The van der Waals surface area contributed by atoms with E-state index in [2.05, 4.69) is 10.6 Å². The van der Waals surface area contributed by atoms with Crippen molar-refractivity contribution in [3.63, 3.8) is 0 Å². The highest BCUT2D eigenvalue weighted by Gasteiger charge is 2.30. The van der Waals surface area contributed by atoms with E-state index >= 15 is 0 Å². The Kier molecular flexibility index (Phi) is 6.72. The van der Waals surface area contributed by atoms with Gasteiger partial charge in [0.2, 0.25) is 5.91 Å². The molecule has 11 heteroatoms. The molecule has 2 aromatic rings. The van der Waals surface area contributed by atoms with Gasteiger partial charge in [-0.2, -0.15) is 26.3 Å². The first-order chi connectivity index (χ1) is 13.4. The summed E-state index contributed by atoms with van der Waals surface area (Å²) in [5.74, 6) is -0.803. The van der Waals surface area contributed by atoms with Gasteiger partial charge in [-0.25, -0.2) is 4.79 Å². The molecule has 0 aliphatic carbocycles. The molecule has 0 saturated heterocycles. The molecule has 0 spiro atoms. The summed E-state index contributed by atoms with van der Waals surface area (Å²) in [6, 6.07) is 8.90. The maximum absolute atomic E-state index is 12.5. The van der Waals surface area contributed by atoms with E-state index in [1.54, 1.807) is 5.32 Å². The Bertz CT molecular complexity index is 846. The van der Waals surface area contributed by atoms with Crippen molar-refractivity contribution in [3.8, 4) is 0 Å². The third-order valence-electron chi connectivity index (χ3n) is 3.53. The zero-order valence-electron chi connectivity index (χ0n) is 14.6. The third kappa shape index (κ3) is 7.72. The topological polar surface area (TPSA) is 70.2 Å². The molecule has 0 radical (unpaired) electrons. The number of carbonyl (C=O) groups is 2. The van der Waals surface area contributed by atoms with Crippen LogP contribution in [0.3, 0.4) is 0 Å². The lowest BCUT2D eigenvalue weighted by atomic mass is 10.1. The summed E-state index contributed by atoms with van der Waals surface area (Å²) >= 11 is 0. The summed E-state index contributed by atoms with van der Waals surface area (Å²) < 4.78 is 73.6. The number of halogens is 6. The van der Waals surface area contributed by atoms with E-state index in [0.717, 1.165) is 24.3 Å². The number of urea groups is 1. The van der Waals surface area contributed by atoms with Gasteiger partial charge in [0.25, 0.3) is 0 Å². The van der Waals surface area contributed by atoms with Gasteiger partial charge in [-0.3, -0.25) is 4.79 Å². The highest BCUT2D eigenvalue weighted by molar-refractivity contribution is 5.99. The van der Waals surface area contributed by atoms with Crippen LogP contribution in [0, 0.1) is 0 Å². The van der Waals surface area contributed by atoms with E-state index < -0.39 is 36.4 Å². The van der Waals surface area contributed by atoms with Crippen LogP contribution < -0.4 is 16.0 Å². The largest absolute Gasteiger partial charge is 0.416 e. The molecule has 3 amide bonds. The highest BCUT2D eigenvalue weighted by Crippen LogP contribution is 2.29. The van der Waals surface area contributed by atoms with Crippen molar-refractivity contribution in [1.29, 1.82) is 0 Å². The molecule has 0 aliphatic heterocycles. The summed E-state index contributed by atoms with van der Waals surface area (Å²) in [6.45, 7) is -1.42. The zero-order chi connectivity index (χ0) is 21.7. The van der Waals surface area contributed by atoms with E-state index in [-0.39, 0.29) is 12.1 Å². The fourth-order valence-electron chi connectivity index (χ4n) is 2.19. The van der Waals surface area contributed by atoms with Crippen molar-refractivity contribution in [1.82, 2.24) is 5.32 Å². The number of alkyl halides is 6. The lowest BCUT2D eigenvalue weighted by Gasteiger charge is -2.11. The van der Waals surface area contributed by atoms with Crippen LogP contribution in [0.15, 0.2) is 48.5 Å². The Morgan fingerprint density at radius 3 is 1.69 bits per heavy atom. The normalized spacial score (nSPS) is 11.7. The Labute approximate surface area is 161 Å². The maximum atomic E-state index is 12.5. The van der Waals surface area contributed by atoms with Crippen LogP contribution in [-0.2, 0) is 17.4 Å². The molecule has 29 heavy (non-hydrogen) atoms. The molecular weight excluding hydrogens is 404 g/mol. The number of hydrogen-bond donors (Lipinski definition) is 3. The molecule has 2 rings (SSSR count). The molecule has 0 aliphatic rings. The van der Waals surface area contributed by atoms with E-state index in [9.17, 15) is 35.9 Å². The first-order valence-electron chi connectivity index (χ1n) is 8.10. The van der Waals surface area contributed by atoms with Crippen molar-refractivity contribution in [2.45, 2.75) is 18.8 Å². The number of amides is 3. The van der Waals surface area contributed by atoms with Crippen LogP contribution in [0.5, 0.6) is 0 Å². The Morgan fingerprint density at radius 1 is 0.759 bits per heavy atom. The summed E-state index contributed by atoms with van der Waals surface area (Å²) in [4.78, 5) is 23.3. The van der Waals surface area contributed by atoms with Crippen molar-refractivity contribution in [2.75, 3.05) is 17.2 Å². The second kappa shape index (κ2) is 8.84. The quantitative estimate of drug-likeness (QED) is 0.622. The number of rotatable bonds is 5. The molecule has 0 unspecified atom stereocenters. The molecule has 2 aromatic carbocycles. The fourth-order valence-corrected chi connectivity index (χ4v) is 2.19. The van der Waals surface area contributed by atoms with Gasteiger partial charge in [0.05, 0.1) is 12.0 Å². The van der Waals surface area contributed by atoms with Gasteiger partial charge >= 0.3 is 18.4 Å². The number of anilines is 2. The summed E-state index contributed by atoms with van der Waals surface area (Å²) in [5.41, 5.74) is 0.0407. The smallest absolute Gasteiger partial charge is 0.347 e. The van der Waals surface area contributed by atoms with Gasteiger partial charge in [0.1, 0.15) is 6.54 Å². The molecule has 0 aromatic heterocycles. The van der Waals surface area contributed by atoms with Crippen molar-refractivity contribution in [3.05, 3.63) is 59.7 Å². The molecule has 0 atom stereocenters. The minimum Gasteiger partial charge on any atom is -0.347 e. The van der Waals surface area contributed by atoms with Crippen molar-refractivity contribution in [2.24, 2.45) is 0 Å². The van der Waals surface area contributed by atoms with Crippen molar-refractivity contribution >= 4 is 23.3 Å². The van der Waals surface area contributed by atoms with Gasteiger partial charge in [-0.05, 0) is 42.0 Å². The number of benzene rings is 2. The molecule has 0 bridgehead atoms. The first kappa shape index (κ1) is 22.1. The first-order valence-corrected chi connectivity index (χ1v) is 8.10. The van der Waals surface area contributed by atoms with E-state index in [4.69, 9.17) is 0 Å². The standard InChI is InChI=1S/C18H15F6N3O2/c19-17(20,21)10-25-15(28)9-11-1-5-13(6-2-11)26-16(29)27-14-7-3-12(4-8-14)18(22,23)24/h1-8H,9-10H2,(H,25,28)(H2,26,27,29). The van der Waals surface area contributed by atoms with Crippen LogP contribution in [0.4, 0.5) is 42.5 Å². The predicted molar refractivity (Wildman–Crippen MR) is 93.3 cm³/mol. The fraction of sp³-hybridized carbons (Fsp3) is 0.222. The van der Waals surface area contributed by atoms with Crippen LogP contribution in [0.1, 0.15) is 11.1 Å². The second-order valence-electron chi connectivity index (χ2n) is 5.92. The zero-order valence-corrected chi connectivity index (χ0v) is 14.6. The van der Waals surface area contributed by atoms with Gasteiger partial charge in [-0.15, -0.1) is 0 Å². The van der Waals surface area contributed by atoms with Crippen LogP contribution in [-0.4, -0.2) is 24.7 Å². The number of hydrogen-bond acceptors (Lipinski definition) is 2. The predicted octanol–water partition coefficient (Wildman–Crippen LogP) is 4.57. The minimum atomic E-state index is -4.50. The minimum absolute atomic E-state index is 0.147. The van der Waals surface area contributed by atoms with Gasteiger partial charge in [0.15, 0.2) is 0 Å². The lowest BCUT2D eigenvalue weighted by molar-refractivity contribution is -0.138. The average Bonchev–Trinajstić information content (AvgIpc) is 2.61.